The van der Waals surface area contributed by atoms with Crippen LogP contribution in [0.15, 0.2) is 22.7 Å². The number of hydrogen-bond donors (Lipinski definition) is 2. The van der Waals surface area contributed by atoms with Gasteiger partial charge in [-0.25, -0.2) is 4.39 Å². The van der Waals surface area contributed by atoms with E-state index in [-0.39, 0.29) is 29.7 Å². The van der Waals surface area contributed by atoms with Crippen molar-refractivity contribution in [1.82, 2.24) is 10.6 Å². The predicted molar refractivity (Wildman–Crippen MR) is 85.5 cm³/mol. The molecule has 0 bridgehead atoms. The molecule has 0 saturated carbocycles. The Morgan fingerprint density at radius 3 is 2.90 bits per heavy atom. The molecule has 1 aromatic rings. The second kappa shape index (κ2) is 8.08. The summed E-state index contributed by atoms with van der Waals surface area (Å²) >= 11 is 3.20. The van der Waals surface area contributed by atoms with Gasteiger partial charge >= 0.3 is 0 Å². The van der Waals surface area contributed by atoms with Gasteiger partial charge in [0, 0.05) is 18.1 Å². The van der Waals surface area contributed by atoms with Gasteiger partial charge in [-0.15, -0.1) is 12.4 Å². The first kappa shape index (κ1) is 18.4. The fraction of sp³-hybridized carbons (Fsp3) is 0.500. The summed E-state index contributed by atoms with van der Waals surface area (Å²) in [5.41, 5.74) is 0.230. The minimum atomic E-state index is -0.373. The molecule has 1 atom stereocenters. The quantitative estimate of drug-likeness (QED) is 0.824. The Bertz CT molecular complexity index is 496. The minimum absolute atomic E-state index is 0. The second-order valence-electron chi connectivity index (χ2n) is 5.05. The van der Waals surface area contributed by atoms with Gasteiger partial charge < -0.3 is 15.4 Å². The summed E-state index contributed by atoms with van der Waals surface area (Å²) in [5, 5.41) is 6.28. The van der Waals surface area contributed by atoms with Crippen LogP contribution >= 0.6 is 28.3 Å². The van der Waals surface area contributed by atoms with E-state index in [4.69, 9.17) is 4.74 Å². The van der Waals surface area contributed by atoms with Crippen molar-refractivity contribution in [2.45, 2.75) is 18.4 Å². The molecular formula is C14H19BrClFN2O2. The van der Waals surface area contributed by atoms with E-state index in [1.807, 2.05) is 0 Å². The molecule has 2 N–H and O–H groups in total. The van der Waals surface area contributed by atoms with Crippen molar-refractivity contribution in [1.29, 1.82) is 0 Å². The highest BCUT2D eigenvalue weighted by molar-refractivity contribution is 9.10. The van der Waals surface area contributed by atoms with Crippen molar-refractivity contribution in [3.63, 3.8) is 0 Å². The molecule has 1 heterocycles. The number of nitrogens with one attached hydrogen (secondary N) is 2. The number of ether oxygens (including phenoxy) is 1. The van der Waals surface area contributed by atoms with Crippen LogP contribution in [-0.2, 0) is 4.74 Å². The number of rotatable bonds is 5. The molecule has 2 rings (SSSR count). The van der Waals surface area contributed by atoms with E-state index >= 15 is 0 Å². The van der Waals surface area contributed by atoms with Crippen molar-refractivity contribution in [2.75, 3.05) is 26.8 Å². The van der Waals surface area contributed by atoms with Crippen LogP contribution in [0.2, 0.25) is 0 Å². The maximum atomic E-state index is 13.0. The summed E-state index contributed by atoms with van der Waals surface area (Å²) < 4.78 is 18.7. The molecule has 1 aromatic carbocycles. The molecule has 1 fully saturated rings. The minimum Gasteiger partial charge on any atom is -0.383 e. The highest BCUT2D eigenvalue weighted by Crippen LogP contribution is 2.20. The van der Waals surface area contributed by atoms with Gasteiger partial charge in [0.25, 0.3) is 5.91 Å². The monoisotopic (exact) mass is 380 g/mol. The Morgan fingerprint density at radius 2 is 2.33 bits per heavy atom. The summed E-state index contributed by atoms with van der Waals surface area (Å²) in [7, 11) is 1.65. The summed E-state index contributed by atoms with van der Waals surface area (Å²) in [5.74, 6) is -0.595. The normalized spacial score (nSPS) is 20.9. The lowest BCUT2D eigenvalue weighted by Gasteiger charge is -2.29. The van der Waals surface area contributed by atoms with Crippen molar-refractivity contribution in [3.05, 3.63) is 34.1 Å². The van der Waals surface area contributed by atoms with E-state index in [1.165, 1.54) is 18.2 Å². The molecule has 1 unspecified atom stereocenters. The molecular weight excluding hydrogens is 363 g/mol. The third kappa shape index (κ3) is 4.64. The van der Waals surface area contributed by atoms with Crippen molar-refractivity contribution in [2.24, 2.45) is 0 Å². The van der Waals surface area contributed by atoms with Gasteiger partial charge in [0.2, 0.25) is 0 Å². The highest BCUT2D eigenvalue weighted by atomic mass is 79.9. The molecule has 21 heavy (non-hydrogen) atoms. The van der Waals surface area contributed by atoms with Crippen LogP contribution in [0, 0.1) is 5.82 Å². The van der Waals surface area contributed by atoms with Crippen LogP contribution < -0.4 is 10.6 Å². The van der Waals surface area contributed by atoms with Crippen molar-refractivity contribution in [3.8, 4) is 0 Å². The molecule has 1 aliphatic heterocycles. The lowest BCUT2D eigenvalue weighted by molar-refractivity contribution is 0.0891. The Balaban J connectivity index is 0.00000220. The van der Waals surface area contributed by atoms with Gasteiger partial charge in [-0.1, -0.05) is 0 Å². The van der Waals surface area contributed by atoms with E-state index in [0.29, 0.717) is 23.2 Å². The third-order valence-corrected chi connectivity index (χ3v) is 4.17. The third-order valence-electron chi connectivity index (χ3n) is 3.52. The summed E-state index contributed by atoms with van der Waals surface area (Å²) in [6, 6.07) is 4.03. The summed E-state index contributed by atoms with van der Waals surface area (Å²) in [6.45, 7) is 1.97. The number of benzene rings is 1. The van der Waals surface area contributed by atoms with E-state index in [0.717, 1.165) is 19.4 Å². The largest absolute Gasteiger partial charge is 0.383 e. The van der Waals surface area contributed by atoms with E-state index in [1.54, 1.807) is 7.11 Å². The van der Waals surface area contributed by atoms with Gasteiger partial charge in [-0.2, -0.15) is 0 Å². The average molecular weight is 382 g/mol. The van der Waals surface area contributed by atoms with Crippen molar-refractivity contribution >= 4 is 34.2 Å². The van der Waals surface area contributed by atoms with Gasteiger partial charge in [0.15, 0.2) is 0 Å². The highest BCUT2D eigenvalue weighted by Gasteiger charge is 2.33. The Morgan fingerprint density at radius 1 is 1.57 bits per heavy atom. The van der Waals surface area contributed by atoms with Gasteiger partial charge in [0.05, 0.1) is 17.7 Å². The van der Waals surface area contributed by atoms with Crippen LogP contribution in [0.5, 0.6) is 0 Å². The number of methoxy groups -OCH3 is 1. The van der Waals surface area contributed by atoms with Gasteiger partial charge in [0.1, 0.15) is 5.82 Å². The molecule has 0 radical (unpaired) electrons. The van der Waals surface area contributed by atoms with E-state index in [2.05, 4.69) is 26.6 Å². The zero-order chi connectivity index (χ0) is 14.6. The summed E-state index contributed by atoms with van der Waals surface area (Å²) in [6.07, 6.45) is 2.03. The lowest BCUT2D eigenvalue weighted by Crippen LogP contribution is -2.53. The summed E-state index contributed by atoms with van der Waals surface area (Å²) in [4.78, 5) is 12.1. The molecule has 1 amide bonds. The standard InChI is InChI=1S/C14H18BrFN2O2.ClH/c1-20-9-14(5-2-6-18-14)8-17-13(19)11-4-3-10(16)7-12(11)15;/h3-4,7,18H,2,5-6,8-9H2,1H3,(H,17,19);1H. The smallest absolute Gasteiger partial charge is 0.252 e. The van der Waals surface area contributed by atoms with Gasteiger partial charge in [-0.3, -0.25) is 4.79 Å². The number of amides is 1. The first-order valence-electron chi connectivity index (χ1n) is 6.53. The van der Waals surface area contributed by atoms with Crippen LogP contribution in [0.4, 0.5) is 4.39 Å². The van der Waals surface area contributed by atoms with E-state index in [9.17, 15) is 9.18 Å². The number of carbonyl (C=O) groups is 1. The van der Waals surface area contributed by atoms with Gasteiger partial charge in [-0.05, 0) is 53.5 Å². The first-order chi connectivity index (χ1) is 9.56. The molecule has 7 heteroatoms. The van der Waals surface area contributed by atoms with Crippen LogP contribution in [0.25, 0.3) is 0 Å². The maximum absolute atomic E-state index is 13.0. The maximum Gasteiger partial charge on any atom is 0.252 e. The molecule has 0 aromatic heterocycles. The van der Waals surface area contributed by atoms with E-state index < -0.39 is 0 Å². The lowest BCUT2D eigenvalue weighted by atomic mass is 9.98. The Hall–Kier alpha value is -0.690. The molecule has 1 aliphatic rings. The number of halogens is 3. The molecule has 118 valence electrons. The first-order valence-corrected chi connectivity index (χ1v) is 7.33. The van der Waals surface area contributed by atoms with Crippen molar-refractivity contribution < 1.29 is 13.9 Å². The van der Waals surface area contributed by atoms with Crippen LogP contribution in [-0.4, -0.2) is 38.3 Å². The predicted octanol–water partition coefficient (Wildman–Crippen LogP) is 2.51. The Kier molecular flexibility index (Phi) is 7.06. The fourth-order valence-corrected chi connectivity index (χ4v) is 3.02. The zero-order valence-corrected chi connectivity index (χ0v) is 14.2. The number of carbonyl (C=O) groups excluding carboxylic acids is 1. The zero-order valence-electron chi connectivity index (χ0n) is 11.7. The SMILES string of the molecule is COCC1(CNC(=O)c2ccc(F)cc2Br)CCCN1.Cl. The topological polar surface area (TPSA) is 50.4 Å². The number of hydrogen-bond acceptors (Lipinski definition) is 3. The molecule has 0 aliphatic carbocycles. The fourth-order valence-electron chi connectivity index (χ4n) is 2.49. The average Bonchev–Trinajstić information content (AvgIpc) is 2.85. The van der Waals surface area contributed by atoms with Crippen LogP contribution in [0.3, 0.4) is 0 Å². The van der Waals surface area contributed by atoms with Crippen LogP contribution in [0.1, 0.15) is 23.2 Å². The molecule has 1 saturated heterocycles. The molecule has 4 nitrogen and oxygen atoms in total. The second-order valence-corrected chi connectivity index (χ2v) is 5.90. The molecule has 0 spiro atoms. The Labute approximate surface area is 138 Å².